The zero-order chi connectivity index (χ0) is 22.4. The highest BCUT2D eigenvalue weighted by Crippen LogP contribution is 2.37. The maximum Gasteiger partial charge on any atom is 0.261 e. The molecule has 1 aliphatic heterocycles. The summed E-state index contributed by atoms with van der Waals surface area (Å²) in [6.07, 6.45) is 1.34. The molecule has 2 aromatic carbocycles. The maximum absolute atomic E-state index is 12.7. The number of nitrogens with one attached hydrogen (secondary N) is 1. The minimum Gasteiger partial charge on any atom is -0.481 e. The SMILES string of the molecule is CCC(=O)N1CCc2ccc(OC(CC)C(=O)NCC(C)C)cc2C1c1ccccc1. The third-order valence-corrected chi connectivity index (χ3v) is 5.71. The fraction of sp³-hybridized carbons (Fsp3) is 0.462. The van der Waals surface area contributed by atoms with Gasteiger partial charge in [-0.05, 0) is 47.6 Å². The van der Waals surface area contributed by atoms with Crippen molar-refractivity contribution in [1.29, 1.82) is 0 Å². The summed E-state index contributed by atoms with van der Waals surface area (Å²) in [5.41, 5.74) is 3.39. The molecule has 31 heavy (non-hydrogen) atoms. The lowest BCUT2D eigenvalue weighted by Gasteiger charge is -2.38. The van der Waals surface area contributed by atoms with Gasteiger partial charge in [-0.15, -0.1) is 0 Å². The summed E-state index contributed by atoms with van der Waals surface area (Å²) < 4.78 is 6.11. The standard InChI is InChI=1S/C26H34N2O3/c1-5-23(26(30)27-17-18(3)4)31-21-13-12-19-14-15-28(24(29)6-2)25(22(19)16-21)20-10-8-7-9-11-20/h7-13,16,18,23,25H,5-6,14-15,17H2,1-4H3,(H,27,30). The third-order valence-electron chi connectivity index (χ3n) is 5.71. The van der Waals surface area contributed by atoms with Crippen LogP contribution in [-0.4, -0.2) is 35.9 Å². The summed E-state index contributed by atoms with van der Waals surface area (Å²) in [4.78, 5) is 27.2. The molecule has 0 spiro atoms. The van der Waals surface area contributed by atoms with E-state index in [1.54, 1.807) is 0 Å². The van der Waals surface area contributed by atoms with E-state index in [1.807, 2.05) is 49.1 Å². The number of carbonyl (C=O) groups is 2. The molecule has 1 heterocycles. The van der Waals surface area contributed by atoms with E-state index in [1.165, 1.54) is 5.56 Å². The van der Waals surface area contributed by atoms with Gasteiger partial charge in [0, 0.05) is 19.5 Å². The molecule has 5 nitrogen and oxygen atoms in total. The second-order valence-electron chi connectivity index (χ2n) is 8.52. The number of nitrogens with zero attached hydrogens (tertiary/aromatic N) is 1. The summed E-state index contributed by atoms with van der Waals surface area (Å²) in [5.74, 6) is 1.11. The van der Waals surface area contributed by atoms with Gasteiger partial charge in [0.1, 0.15) is 5.75 Å². The molecule has 0 aliphatic carbocycles. The van der Waals surface area contributed by atoms with Crippen LogP contribution in [0.4, 0.5) is 0 Å². The molecule has 5 heteroatoms. The minimum absolute atomic E-state index is 0.0867. The van der Waals surface area contributed by atoms with Crippen LogP contribution in [0.3, 0.4) is 0 Å². The van der Waals surface area contributed by atoms with Crippen molar-refractivity contribution in [1.82, 2.24) is 10.2 Å². The van der Waals surface area contributed by atoms with Gasteiger partial charge in [-0.25, -0.2) is 0 Å². The third kappa shape index (κ3) is 5.46. The zero-order valence-electron chi connectivity index (χ0n) is 19.1. The highest BCUT2D eigenvalue weighted by Gasteiger charge is 2.32. The quantitative estimate of drug-likeness (QED) is 0.681. The van der Waals surface area contributed by atoms with Gasteiger partial charge in [0.2, 0.25) is 5.91 Å². The molecule has 0 aromatic heterocycles. The fourth-order valence-corrected chi connectivity index (χ4v) is 4.04. The summed E-state index contributed by atoms with van der Waals surface area (Å²) in [5, 5.41) is 2.96. The Balaban J connectivity index is 1.91. The molecule has 166 valence electrons. The molecule has 2 unspecified atom stereocenters. The van der Waals surface area contributed by atoms with Crippen LogP contribution in [0.1, 0.15) is 63.3 Å². The predicted octanol–water partition coefficient (Wildman–Crippen LogP) is 4.50. The van der Waals surface area contributed by atoms with Crippen LogP contribution in [0.25, 0.3) is 0 Å². The highest BCUT2D eigenvalue weighted by molar-refractivity contribution is 5.81. The number of amides is 2. The van der Waals surface area contributed by atoms with Crippen LogP contribution >= 0.6 is 0 Å². The molecular weight excluding hydrogens is 388 g/mol. The van der Waals surface area contributed by atoms with Crippen molar-refractivity contribution in [2.24, 2.45) is 5.92 Å². The van der Waals surface area contributed by atoms with Gasteiger partial charge >= 0.3 is 0 Å². The first-order valence-electron chi connectivity index (χ1n) is 11.4. The van der Waals surface area contributed by atoms with Crippen molar-refractivity contribution in [3.05, 3.63) is 65.2 Å². The van der Waals surface area contributed by atoms with E-state index in [-0.39, 0.29) is 17.9 Å². The highest BCUT2D eigenvalue weighted by atomic mass is 16.5. The lowest BCUT2D eigenvalue weighted by atomic mass is 9.87. The summed E-state index contributed by atoms with van der Waals surface area (Å²) in [6.45, 7) is 9.33. The first-order valence-corrected chi connectivity index (χ1v) is 11.4. The Morgan fingerprint density at radius 1 is 1.13 bits per heavy atom. The molecule has 1 aliphatic rings. The Kier molecular flexibility index (Phi) is 7.72. The van der Waals surface area contributed by atoms with Crippen LogP contribution in [0.5, 0.6) is 5.75 Å². The molecule has 0 fully saturated rings. The maximum atomic E-state index is 12.7. The summed E-state index contributed by atoms with van der Waals surface area (Å²) in [7, 11) is 0. The molecule has 3 rings (SSSR count). The van der Waals surface area contributed by atoms with Crippen LogP contribution in [0.15, 0.2) is 48.5 Å². The number of carbonyl (C=O) groups excluding carboxylic acids is 2. The lowest BCUT2D eigenvalue weighted by molar-refractivity contribution is -0.133. The van der Waals surface area contributed by atoms with Crippen molar-refractivity contribution < 1.29 is 14.3 Å². The van der Waals surface area contributed by atoms with Crippen molar-refractivity contribution >= 4 is 11.8 Å². The van der Waals surface area contributed by atoms with Crippen molar-refractivity contribution in [2.75, 3.05) is 13.1 Å². The molecule has 0 bridgehead atoms. The monoisotopic (exact) mass is 422 g/mol. The number of ether oxygens (including phenoxy) is 1. The Morgan fingerprint density at radius 2 is 1.87 bits per heavy atom. The number of hydrogen-bond donors (Lipinski definition) is 1. The second-order valence-corrected chi connectivity index (χ2v) is 8.52. The van der Waals surface area contributed by atoms with Gasteiger partial charge in [0.05, 0.1) is 6.04 Å². The first kappa shape index (κ1) is 22.9. The largest absolute Gasteiger partial charge is 0.481 e. The summed E-state index contributed by atoms with van der Waals surface area (Å²) in [6, 6.07) is 16.0. The van der Waals surface area contributed by atoms with Gasteiger partial charge in [0.15, 0.2) is 6.10 Å². The Bertz CT molecular complexity index is 895. The van der Waals surface area contributed by atoms with Crippen LogP contribution in [-0.2, 0) is 16.0 Å². The Morgan fingerprint density at radius 3 is 2.52 bits per heavy atom. The normalized spacial score (nSPS) is 16.5. The van der Waals surface area contributed by atoms with E-state index in [2.05, 4.69) is 37.4 Å². The van der Waals surface area contributed by atoms with E-state index in [0.29, 0.717) is 37.6 Å². The minimum atomic E-state index is -0.538. The Labute approximate surface area is 185 Å². The molecule has 0 saturated carbocycles. The van der Waals surface area contributed by atoms with Gasteiger partial charge in [-0.2, -0.15) is 0 Å². The van der Waals surface area contributed by atoms with Crippen LogP contribution in [0, 0.1) is 5.92 Å². The topological polar surface area (TPSA) is 58.6 Å². The van der Waals surface area contributed by atoms with Crippen molar-refractivity contribution in [3.63, 3.8) is 0 Å². The average molecular weight is 423 g/mol. The van der Waals surface area contributed by atoms with Crippen LogP contribution < -0.4 is 10.1 Å². The number of rotatable bonds is 8. The van der Waals surface area contributed by atoms with E-state index in [0.717, 1.165) is 17.5 Å². The molecule has 0 saturated heterocycles. The molecule has 2 atom stereocenters. The molecular formula is C26H34N2O3. The number of hydrogen-bond acceptors (Lipinski definition) is 3. The zero-order valence-corrected chi connectivity index (χ0v) is 19.1. The predicted molar refractivity (Wildman–Crippen MR) is 123 cm³/mol. The lowest BCUT2D eigenvalue weighted by Crippen LogP contribution is -2.41. The van der Waals surface area contributed by atoms with E-state index < -0.39 is 6.10 Å². The van der Waals surface area contributed by atoms with Crippen molar-refractivity contribution in [2.45, 2.75) is 59.1 Å². The van der Waals surface area contributed by atoms with E-state index >= 15 is 0 Å². The van der Waals surface area contributed by atoms with Gasteiger partial charge in [-0.3, -0.25) is 9.59 Å². The Hall–Kier alpha value is -2.82. The van der Waals surface area contributed by atoms with E-state index in [9.17, 15) is 9.59 Å². The van der Waals surface area contributed by atoms with Crippen molar-refractivity contribution in [3.8, 4) is 5.75 Å². The number of benzene rings is 2. The molecule has 0 radical (unpaired) electrons. The van der Waals surface area contributed by atoms with Crippen LogP contribution in [0.2, 0.25) is 0 Å². The first-order chi connectivity index (χ1) is 14.9. The van der Waals surface area contributed by atoms with Gasteiger partial charge < -0.3 is 15.0 Å². The molecule has 2 aromatic rings. The van der Waals surface area contributed by atoms with Gasteiger partial charge in [0.25, 0.3) is 5.91 Å². The fourth-order valence-electron chi connectivity index (χ4n) is 4.04. The second kappa shape index (κ2) is 10.5. The smallest absolute Gasteiger partial charge is 0.261 e. The molecule has 1 N–H and O–H groups in total. The summed E-state index contributed by atoms with van der Waals surface area (Å²) >= 11 is 0. The molecule has 2 amide bonds. The van der Waals surface area contributed by atoms with E-state index in [4.69, 9.17) is 4.74 Å². The van der Waals surface area contributed by atoms with Gasteiger partial charge in [-0.1, -0.05) is 64.1 Å². The number of fused-ring (bicyclic) bond motifs is 1. The average Bonchev–Trinajstić information content (AvgIpc) is 2.80.